The first kappa shape index (κ1) is 15.8. The third-order valence-electron chi connectivity index (χ3n) is 2.92. The summed E-state index contributed by atoms with van der Waals surface area (Å²) in [5, 5.41) is 13.0. The van der Waals surface area contributed by atoms with Crippen LogP contribution >= 0.6 is 15.9 Å². The first-order chi connectivity index (χ1) is 10.5. The van der Waals surface area contributed by atoms with E-state index in [2.05, 4.69) is 21.2 Å². The minimum Gasteiger partial charge on any atom is -0.345 e. The quantitative estimate of drug-likeness (QED) is 0.503. The van der Waals surface area contributed by atoms with Crippen molar-refractivity contribution in [2.75, 3.05) is 6.54 Å². The van der Waals surface area contributed by atoms with Crippen LogP contribution in [0.2, 0.25) is 0 Å². The zero-order valence-corrected chi connectivity index (χ0v) is 12.9. The van der Waals surface area contributed by atoms with Crippen molar-refractivity contribution < 1.29 is 14.5 Å². The Kier molecular flexibility index (Phi) is 5.00. The van der Waals surface area contributed by atoms with E-state index in [1.54, 1.807) is 24.3 Å². The van der Waals surface area contributed by atoms with E-state index in [1.807, 2.05) is 0 Å². The van der Waals surface area contributed by atoms with E-state index < -0.39 is 10.8 Å². The van der Waals surface area contributed by atoms with Crippen LogP contribution in [0.15, 0.2) is 53.0 Å². The number of rotatable bonds is 5. The average Bonchev–Trinajstić information content (AvgIpc) is 2.53. The third kappa shape index (κ3) is 3.98. The predicted molar refractivity (Wildman–Crippen MR) is 83.9 cm³/mol. The smallest absolute Gasteiger partial charge is 0.269 e. The molecule has 2 aromatic rings. The second-order valence-electron chi connectivity index (χ2n) is 4.42. The molecule has 1 amide bonds. The molecule has 112 valence electrons. The molecule has 0 aliphatic carbocycles. The number of hydrogen-bond acceptors (Lipinski definition) is 4. The molecule has 0 fully saturated rings. The number of carbonyl (C=O) groups excluding carboxylic acids is 2. The highest BCUT2D eigenvalue weighted by atomic mass is 79.9. The number of nitrogens with one attached hydrogen (secondary N) is 1. The van der Waals surface area contributed by atoms with E-state index in [0.29, 0.717) is 5.56 Å². The zero-order chi connectivity index (χ0) is 16.1. The topological polar surface area (TPSA) is 89.3 Å². The predicted octanol–water partition coefficient (Wildman–Crippen LogP) is 2.97. The molecule has 0 atom stereocenters. The van der Waals surface area contributed by atoms with Crippen molar-refractivity contribution in [3.8, 4) is 0 Å². The first-order valence-corrected chi connectivity index (χ1v) is 7.08. The van der Waals surface area contributed by atoms with Gasteiger partial charge in [-0.05, 0) is 24.3 Å². The number of nitro groups is 1. The molecule has 0 aliphatic rings. The Bertz CT molecular complexity index is 711. The molecule has 2 rings (SSSR count). The van der Waals surface area contributed by atoms with E-state index in [0.717, 1.165) is 4.47 Å². The standard InChI is InChI=1S/C15H11BrN2O4/c16-12-5-1-10(2-6-12)14(19)9-17-15(20)11-3-7-13(8-4-11)18(21)22/h1-8H,9H2,(H,17,20). The summed E-state index contributed by atoms with van der Waals surface area (Å²) in [6.45, 7) is -0.141. The number of nitrogens with zero attached hydrogens (tertiary/aromatic N) is 1. The van der Waals surface area contributed by atoms with Crippen LogP contribution in [0.3, 0.4) is 0 Å². The Morgan fingerprint density at radius 1 is 1.00 bits per heavy atom. The molecular weight excluding hydrogens is 352 g/mol. The summed E-state index contributed by atoms with van der Waals surface area (Å²) in [6.07, 6.45) is 0. The number of halogens is 1. The van der Waals surface area contributed by atoms with E-state index in [1.165, 1.54) is 24.3 Å². The normalized spacial score (nSPS) is 10.0. The highest BCUT2D eigenvalue weighted by Gasteiger charge is 2.11. The summed E-state index contributed by atoms with van der Waals surface area (Å²) in [6, 6.07) is 12.0. The van der Waals surface area contributed by atoms with Crippen molar-refractivity contribution in [1.82, 2.24) is 5.32 Å². The first-order valence-electron chi connectivity index (χ1n) is 6.29. The van der Waals surface area contributed by atoms with Gasteiger partial charge in [0, 0.05) is 27.7 Å². The molecule has 0 bridgehead atoms. The Hall–Kier alpha value is -2.54. The maximum atomic E-state index is 11.9. The summed E-state index contributed by atoms with van der Waals surface area (Å²) >= 11 is 3.27. The molecule has 0 saturated heterocycles. The van der Waals surface area contributed by atoms with Crippen LogP contribution in [0.4, 0.5) is 5.69 Å². The molecule has 6 nitrogen and oxygen atoms in total. The van der Waals surface area contributed by atoms with Crippen molar-refractivity contribution >= 4 is 33.3 Å². The summed E-state index contributed by atoms with van der Waals surface area (Å²) in [5.41, 5.74) is 0.656. The van der Waals surface area contributed by atoms with Gasteiger partial charge in [-0.2, -0.15) is 0 Å². The van der Waals surface area contributed by atoms with Gasteiger partial charge in [-0.15, -0.1) is 0 Å². The largest absolute Gasteiger partial charge is 0.345 e. The van der Waals surface area contributed by atoms with Crippen molar-refractivity contribution in [2.45, 2.75) is 0 Å². The van der Waals surface area contributed by atoms with Crippen LogP contribution in [0.25, 0.3) is 0 Å². The van der Waals surface area contributed by atoms with Gasteiger partial charge in [-0.3, -0.25) is 19.7 Å². The Morgan fingerprint density at radius 3 is 2.09 bits per heavy atom. The van der Waals surface area contributed by atoms with Crippen molar-refractivity contribution in [3.05, 3.63) is 74.2 Å². The van der Waals surface area contributed by atoms with Gasteiger partial charge in [0.05, 0.1) is 11.5 Å². The van der Waals surface area contributed by atoms with Gasteiger partial charge in [-0.1, -0.05) is 28.1 Å². The van der Waals surface area contributed by atoms with Crippen LogP contribution in [-0.2, 0) is 0 Å². The highest BCUT2D eigenvalue weighted by Crippen LogP contribution is 2.12. The van der Waals surface area contributed by atoms with Crippen molar-refractivity contribution in [1.29, 1.82) is 0 Å². The van der Waals surface area contributed by atoms with Gasteiger partial charge in [0.15, 0.2) is 5.78 Å². The summed E-state index contributed by atoms with van der Waals surface area (Å²) < 4.78 is 0.860. The molecular formula is C15H11BrN2O4. The number of benzene rings is 2. The summed E-state index contributed by atoms with van der Waals surface area (Å²) in [4.78, 5) is 33.8. The van der Waals surface area contributed by atoms with Gasteiger partial charge < -0.3 is 5.32 Å². The number of nitro benzene ring substituents is 1. The molecule has 0 saturated carbocycles. The minimum atomic E-state index is -0.543. The number of carbonyl (C=O) groups is 2. The molecule has 0 aromatic heterocycles. The second kappa shape index (κ2) is 6.95. The van der Waals surface area contributed by atoms with Crippen LogP contribution in [0.5, 0.6) is 0 Å². The van der Waals surface area contributed by atoms with E-state index in [4.69, 9.17) is 0 Å². The lowest BCUT2D eigenvalue weighted by Gasteiger charge is -2.05. The van der Waals surface area contributed by atoms with E-state index >= 15 is 0 Å². The van der Waals surface area contributed by atoms with E-state index in [-0.39, 0.29) is 23.6 Å². The van der Waals surface area contributed by atoms with Gasteiger partial charge in [0.1, 0.15) is 0 Å². The van der Waals surface area contributed by atoms with Gasteiger partial charge in [0.2, 0.25) is 0 Å². The fourth-order valence-electron chi connectivity index (χ4n) is 1.73. The molecule has 0 aliphatic heterocycles. The SMILES string of the molecule is O=C(CNC(=O)c1ccc([N+](=O)[O-])cc1)c1ccc(Br)cc1. The molecule has 1 N–H and O–H groups in total. The Morgan fingerprint density at radius 2 is 1.55 bits per heavy atom. The fraction of sp³-hybridized carbons (Fsp3) is 0.0667. The molecule has 0 spiro atoms. The average molecular weight is 363 g/mol. The number of hydrogen-bond donors (Lipinski definition) is 1. The van der Waals surface area contributed by atoms with Crippen molar-refractivity contribution in [3.63, 3.8) is 0 Å². The van der Waals surface area contributed by atoms with E-state index in [9.17, 15) is 19.7 Å². The minimum absolute atomic E-state index is 0.0949. The number of non-ortho nitro benzene ring substituents is 1. The Labute approximate surface area is 134 Å². The highest BCUT2D eigenvalue weighted by molar-refractivity contribution is 9.10. The van der Waals surface area contributed by atoms with Crippen LogP contribution in [0.1, 0.15) is 20.7 Å². The summed E-state index contributed by atoms with van der Waals surface area (Å²) in [7, 11) is 0. The lowest BCUT2D eigenvalue weighted by molar-refractivity contribution is -0.384. The Balaban J connectivity index is 1.96. The molecule has 7 heteroatoms. The maximum absolute atomic E-state index is 11.9. The fourth-order valence-corrected chi connectivity index (χ4v) is 2.00. The molecule has 2 aromatic carbocycles. The molecule has 0 unspecified atom stereocenters. The molecule has 22 heavy (non-hydrogen) atoms. The summed E-state index contributed by atoms with van der Waals surface area (Å²) in [5.74, 6) is -0.678. The van der Waals surface area contributed by atoms with Gasteiger partial charge >= 0.3 is 0 Å². The molecule has 0 heterocycles. The van der Waals surface area contributed by atoms with Gasteiger partial charge in [-0.25, -0.2) is 0 Å². The number of Topliss-reactive ketones (excluding diaryl/α,β-unsaturated/α-hetero) is 1. The van der Waals surface area contributed by atoms with Crippen molar-refractivity contribution in [2.24, 2.45) is 0 Å². The number of ketones is 1. The zero-order valence-electron chi connectivity index (χ0n) is 11.3. The van der Waals surface area contributed by atoms with Crippen LogP contribution < -0.4 is 5.32 Å². The maximum Gasteiger partial charge on any atom is 0.269 e. The monoisotopic (exact) mass is 362 g/mol. The van der Waals surface area contributed by atoms with Gasteiger partial charge in [0.25, 0.3) is 11.6 Å². The third-order valence-corrected chi connectivity index (χ3v) is 3.44. The second-order valence-corrected chi connectivity index (χ2v) is 5.33. The van der Waals surface area contributed by atoms with Crippen LogP contribution in [0, 0.1) is 10.1 Å². The lowest BCUT2D eigenvalue weighted by Crippen LogP contribution is -2.29. The van der Waals surface area contributed by atoms with Crippen LogP contribution in [-0.4, -0.2) is 23.2 Å². The molecule has 0 radical (unpaired) electrons. The lowest BCUT2D eigenvalue weighted by atomic mass is 10.1. The number of amides is 1.